The number of ether oxygens (including phenoxy) is 1. The molecular formula is C17H22N2O. The Morgan fingerprint density at radius 3 is 2.50 bits per heavy atom. The minimum atomic E-state index is 0.174. The Morgan fingerprint density at radius 2 is 1.90 bits per heavy atom. The van der Waals surface area contributed by atoms with Gasteiger partial charge in [-0.05, 0) is 48.7 Å². The summed E-state index contributed by atoms with van der Waals surface area (Å²) < 4.78 is 5.22. The molecule has 0 bridgehead atoms. The number of rotatable bonds is 6. The summed E-state index contributed by atoms with van der Waals surface area (Å²) in [6, 6.07) is 10.6. The van der Waals surface area contributed by atoms with Crippen molar-refractivity contribution in [1.82, 2.24) is 10.3 Å². The van der Waals surface area contributed by atoms with Crippen molar-refractivity contribution < 1.29 is 4.74 Å². The van der Waals surface area contributed by atoms with Gasteiger partial charge in [0.05, 0.1) is 13.2 Å². The molecule has 1 aromatic heterocycles. The average molecular weight is 270 g/mol. The highest BCUT2D eigenvalue weighted by Crippen LogP contribution is 2.24. The number of methoxy groups -OCH3 is 1. The summed E-state index contributed by atoms with van der Waals surface area (Å²) in [5.74, 6) is 0.880. The van der Waals surface area contributed by atoms with Crippen molar-refractivity contribution in [2.24, 2.45) is 0 Å². The number of pyridine rings is 1. The van der Waals surface area contributed by atoms with Crippen molar-refractivity contribution in [2.45, 2.75) is 26.3 Å². The first kappa shape index (κ1) is 14.5. The molecule has 0 aliphatic carbocycles. The van der Waals surface area contributed by atoms with Gasteiger partial charge in [0.15, 0.2) is 0 Å². The topological polar surface area (TPSA) is 34.1 Å². The number of hydrogen-bond acceptors (Lipinski definition) is 3. The highest BCUT2D eigenvalue weighted by Gasteiger charge is 2.13. The lowest BCUT2D eigenvalue weighted by Gasteiger charge is -2.20. The van der Waals surface area contributed by atoms with Gasteiger partial charge in [0, 0.05) is 12.4 Å². The van der Waals surface area contributed by atoms with Crippen LogP contribution in [0.3, 0.4) is 0 Å². The van der Waals surface area contributed by atoms with Crippen LogP contribution in [0.4, 0.5) is 0 Å². The quantitative estimate of drug-likeness (QED) is 0.872. The number of aromatic nitrogens is 1. The van der Waals surface area contributed by atoms with E-state index in [4.69, 9.17) is 4.74 Å². The maximum absolute atomic E-state index is 5.22. The summed E-state index contributed by atoms with van der Waals surface area (Å²) >= 11 is 0. The number of nitrogens with zero attached hydrogens (tertiary/aromatic N) is 1. The third kappa shape index (κ3) is 3.58. The third-order valence-corrected chi connectivity index (χ3v) is 3.28. The minimum absolute atomic E-state index is 0.174. The van der Waals surface area contributed by atoms with Crippen LogP contribution >= 0.6 is 0 Å². The lowest BCUT2D eigenvalue weighted by Crippen LogP contribution is -2.23. The van der Waals surface area contributed by atoms with Gasteiger partial charge in [-0.2, -0.15) is 0 Å². The SMILES string of the molecule is CCCNC(c1ccc(OC)cc1)c1cncc(C)c1. The maximum atomic E-state index is 5.22. The van der Waals surface area contributed by atoms with E-state index in [0.717, 1.165) is 18.7 Å². The Balaban J connectivity index is 2.30. The summed E-state index contributed by atoms with van der Waals surface area (Å²) in [4.78, 5) is 4.31. The molecule has 0 fully saturated rings. The predicted octanol–water partition coefficient (Wildman–Crippen LogP) is 3.49. The van der Waals surface area contributed by atoms with Crippen LogP contribution in [-0.2, 0) is 0 Å². The van der Waals surface area contributed by atoms with Gasteiger partial charge in [-0.25, -0.2) is 0 Å². The summed E-state index contributed by atoms with van der Waals surface area (Å²) in [5, 5.41) is 3.59. The number of hydrogen-bond donors (Lipinski definition) is 1. The Bertz CT molecular complexity index is 537. The molecule has 1 atom stereocenters. The van der Waals surface area contributed by atoms with Crippen LogP contribution in [0.2, 0.25) is 0 Å². The standard InChI is InChI=1S/C17H22N2O/c1-4-9-19-17(15-10-13(2)11-18-12-15)14-5-7-16(20-3)8-6-14/h5-8,10-12,17,19H,4,9H2,1-3H3. The number of nitrogens with one attached hydrogen (secondary N) is 1. The van der Waals surface area contributed by atoms with Crippen LogP contribution in [0.1, 0.15) is 36.1 Å². The van der Waals surface area contributed by atoms with E-state index in [-0.39, 0.29) is 6.04 Å². The molecule has 1 N–H and O–H groups in total. The number of aryl methyl sites for hydroxylation is 1. The fourth-order valence-corrected chi connectivity index (χ4v) is 2.25. The van der Waals surface area contributed by atoms with E-state index in [2.05, 4.69) is 42.3 Å². The van der Waals surface area contributed by atoms with E-state index in [1.807, 2.05) is 24.5 Å². The highest BCUT2D eigenvalue weighted by atomic mass is 16.5. The predicted molar refractivity (Wildman–Crippen MR) is 82.1 cm³/mol. The third-order valence-electron chi connectivity index (χ3n) is 3.28. The Labute approximate surface area is 121 Å². The zero-order valence-electron chi connectivity index (χ0n) is 12.4. The summed E-state index contributed by atoms with van der Waals surface area (Å²) in [6.07, 6.45) is 4.92. The van der Waals surface area contributed by atoms with Crippen molar-refractivity contribution in [3.05, 3.63) is 59.4 Å². The molecule has 20 heavy (non-hydrogen) atoms. The van der Waals surface area contributed by atoms with Crippen LogP contribution in [0.25, 0.3) is 0 Å². The molecule has 0 saturated heterocycles. The first-order valence-corrected chi connectivity index (χ1v) is 7.03. The Morgan fingerprint density at radius 1 is 1.15 bits per heavy atom. The molecule has 0 aliphatic rings. The second-order valence-corrected chi connectivity index (χ2v) is 4.96. The molecule has 0 saturated carbocycles. The van der Waals surface area contributed by atoms with Crippen LogP contribution in [0.5, 0.6) is 5.75 Å². The summed E-state index contributed by atoms with van der Waals surface area (Å²) in [5.41, 5.74) is 3.61. The van der Waals surface area contributed by atoms with E-state index < -0.39 is 0 Å². The van der Waals surface area contributed by atoms with Gasteiger partial charge in [-0.3, -0.25) is 4.98 Å². The maximum Gasteiger partial charge on any atom is 0.118 e. The molecule has 106 valence electrons. The normalized spacial score (nSPS) is 12.2. The first-order chi connectivity index (χ1) is 9.74. The molecule has 0 spiro atoms. The molecule has 0 amide bonds. The monoisotopic (exact) mass is 270 g/mol. The minimum Gasteiger partial charge on any atom is -0.497 e. The molecule has 3 nitrogen and oxygen atoms in total. The second-order valence-electron chi connectivity index (χ2n) is 4.96. The Kier molecular flexibility index (Phi) is 5.13. The fourth-order valence-electron chi connectivity index (χ4n) is 2.25. The molecule has 2 rings (SSSR count). The fraction of sp³-hybridized carbons (Fsp3) is 0.353. The van der Waals surface area contributed by atoms with Crippen LogP contribution in [-0.4, -0.2) is 18.6 Å². The van der Waals surface area contributed by atoms with Gasteiger partial charge < -0.3 is 10.1 Å². The molecule has 1 aromatic carbocycles. The van der Waals surface area contributed by atoms with Gasteiger partial charge in [-0.1, -0.05) is 25.1 Å². The van der Waals surface area contributed by atoms with Crippen molar-refractivity contribution >= 4 is 0 Å². The lowest BCUT2D eigenvalue weighted by atomic mass is 9.99. The first-order valence-electron chi connectivity index (χ1n) is 7.03. The van der Waals surface area contributed by atoms with Crippen LogP contribution < -0.4 is 10.1 Å². The molecule has 2 aromatic rings. The Hall–Kier alpha value is -1.87. The van der Waals surface area contributed by atoms with Gasteiger partial charge >= 0.3 is 0 Å². The molecule has 0 radical (unpaired) electrons. The second kappa shape index (κ2) is 7.06. The van der Waals surface area contributed by atoms with Crippen LogP contribution in [0.15, 0.2) is 42.7 Å². The van der Waals surface area contributed by atoms with Gasteiger partial charge in [0.25, 0.3) is 0 Å². The lowest BCUT2D eigenvalue weighted by molar-refractivity contribution is 0.414. The van der Waals surface area contributed by atoms with E-state index >= 15 is 0 Å². The van der Waals surface area contributed by atoms with Crippen molar-refractivity contribution in [1.29, 1.82) is 0 Å². The molecular weight excluding hydrogens is 248 g/mol. The largest absolute Gasteiger partial charge is 0.497 e. The van der Waals surface area contributed by atoms with E-state index in [0.29, 0.717) is 0 Å². The van der Waals surface area contributed by atoms with Gasteiger partial charge in [0.1, 0.15) is 5.75 Å². The zero-order chi connectivity index (χ0) is 14.4. The zero-order valence-corrected chi connectivity index (χ0v) is 12.4. The molecule has 1 heterocycles. The van der Waals surface area contributed by atoms with Gasteiger partial charge in [-0.15, -0.1) is 0 Å². The highest BCUT2D eigenvalue weighted by molar-refractivity contribution is 5.35. The van der Waals surface area contributed by atoms with Crippen molar-refractivity contribution in [3.63, 3.8) is 0 Å². The smallest absolute Gasteiger partial charge is 0.118 e. The average Bonchev–Trinajstić information content (AvgIpc) is 2.48. The molecule has 0 aliphatic heterocycles. The molecule has 1 unspecified atom stereocenters. The van der Waals surface area contributed by atoms with Crippen molar-refractivity contribution in [2.75, 3.05) is 13.7 Å². The van der Waals surface area contributed by atoms with E-state index in [1.54, 1.807) is 7.11 Å². The summed E-state index contributed by atoms with van der Waals surface area (Å²) in [7, 11) is 1.69. The van der Waals surface area contributed by atoms with Crippen molar-refractivity contribution in [3.8, 4) is 5.75 Å². The van der Waals surface area contributed by atoms with Gasteiger partial charge in [0.2, 0.25) is 0 Å². The van der Waals surface area contributed by atoms with E-state index in [9.17, 15) is 0 Å². The summed E-state index contributed by atoms with van der Waals surface area (Å²) in [6.45, 7) is 5.22. The number of benzene rings is 1. The van der Waals surface area contributed by atoms with Crippen LogP contribution in [0, 0.1) is 6.92 Å². The molecule has 3 heteroatoms. The van der Waals surface area contributed by atoms with E-state index in [1.165, 1.54) is 16.7 Å².